The minimum Gasteiger partial charge on any atom is -0.359 e. The Kier molecular flexibility index (Phi) is 4.67. The molecule has 29 heavy (non-hydrogen) atoms. The Balaban J connectivity index is 1.25. The van der Waals surface area contributed by atoms with E-state index in [1.54, 1.807) is 0 Å². The molecule has 5 rings (SSSR count). The Hall–Kier alpha value is -3.29. The number of nitrogens with zero attached hydrogens (tertiary/aromatic N) is 3. The standard InChI is InChI=1S/C22H20N6S/c23-18(11-15-6-3-5-14-4-1-2-7-19(14)15)13-24-22-28-27-21(29-22)16-8-9-20-17(10-16)12-25-26-20/h1-10,12,18H,11,13,23H2,(H,24,28)(H,25,26)/t18-/m0/s1. The second-order valence-electron chi connectivity index (χ2n) is 7.07. The zero-order valence-electron chi connectivity index (χ0n) is 15.7. The van der Waals surface area contributed by atoms with E-state index in [0.29, 0.717) is 6.54 Å². The van der Waals surface area contributed by atoms with Crippen LogP contribution in [0.2, 0.25) is 0 Å². The number of benzene rings is 3. The molecule has 7 heteroatoms. The first-order chi connectivity index (χ1) is 14.3. The minimum absolute atomic E-state index is 0.0181. The summed E-state index contributed by atoms with van der Waals surface area (Å²) in [5, 5.41) is 24.2. The van der Waals surface area contributed by atoms with Crippen LogP contribution < -0.4 is 11.1 Å². The van der Waals surface area contributed by atoms with E-state index in [1.165, 1.54) is 27.7 Å². The van der Waals surface area contributed by atoms with Gasteiger partial charge in [-0.3, -0.25) is 5.10 Å². The van der Waals surface area contributed by atoms with Crippen molar-refractivity contribution in [1.82, 2.24) is 20.4 Å². The topological polar surface area (TPSA) is 92.5 Å². The van der Waals surface area contributed by atoms with Crippen LogP contribution >= 0.6 is 11.3 Å². The van der Waals surface area contributed by atoms with E-state index in [9.17, 15) is 0 Å². The third-order valence-electron chi connectivity index (χ3n) is 4.99. The number of aromatic amines is 1. The van der Waals surface area contributed by atoms with Gasteiger partial charge in [0.2, 0.25) is 5.13 Å². The Labute approximate surface area is 171 Å². The molecule has 0 saturated heterocycles. The van der Waals surface area contributed by atoms with Crippen molar-refractivity contribution in [2.45, 2.75) is 12.5 Å². The quantitative estimate of drug-likeness (QED) is 0.397. The normalized spacial score (nSPS) is 12.4. The van der Waals surface area contributed by atoms with E-state index in [0.717, 1.165) is 33.0 Å². The molecule has 0 aliphatic rings. The van der Waals surface area contributed by atoms with Gasteiger partial charge in [0.1, 0.15) is 5.01 Å². The van der Waals surface area contributed by atoms with Crippen LogP contribution in [0.25, 0.3) is 32.2 Å². The van der Waals surface area contributed by atoms with Gasteiger partial charge in [0.15, 0.2) is 0 Å². The Morgan fingerprint density at radius 3 is 2.86 bits per heavy atom. The number of hydrogen-bond acceptors (Lipinski definition) is 6. The van der Waals surface area contributed by atoms with Gasteiger partial charge in [-0.1, -0.05) is 53.8 Å². The molecule has 0 fully saturated rings. The van der Waals surface area contributed by atoms with Gasteiger partial charge in [-0.15, -0.1) is 10.2 Å². The fraction of sp³-hybridized carbons (Fsp3) is 0.136. The first kappa shape index (κ1) is 17.8. The van der Waals surface area contributed by atoms with Crippen LogP contribution in [0.4, 0.5) is 5.13 Å². The molecule has 144 valence electrons. The molecule has 0 aliphatic carbocycles. The van der Waals surface area contributed by atoms with E-state index < -0.39 is 0 Å². The van der Waals surface area contributed by atoms with Crippen molar-refractivity contribution in [3.63, 3.8) is 0 Å². The molecule has 0 unspecified atom stereocenters. The minimum atomic E-state index is -0.0181. The lowest BCUT2D eigenvalue weighted by molar-refractivity contribution is 0.701. The molecule has 0 amide bonds. The van der Waals surface area contributed by atoms with Gasteiger partial charge in [0.25, 0.3) is 0 Å². The zero-order chi connectivity index (χ0) is 19.6. The number of fused-ring (bicyclic) bond motifs is 2. The van der Waals surface area contributed by atoms with Crippen LogP contribution in [0.15, 0.2) is 66.9 Å². The summed E-state index contributed by atoms with van der Waals surface area (Å²) in [7, 11) is 0. The monoisotopic (exact) mass is 400 g/mol. The Bertz CT molecular complexity index is 1270. The fourth-order valence-corrected chi connectivity index (χ4v) is 4.28. The number of hydrogen-bond donors (Lipinski definition) is 3. The first-order valence-electron chi connectivity index (χ1n) is 9.49. The van der Waals surface area contributed by atoms with Crippen LogP contribution in [-0.2, 0) is 6.42 Å². The highest BCUT2D eigenvalue weighted by molar-refractivity contribution is 7.18. The smallest absolute Gasteiger partial charge is 0.206 e. The molecule has 0 radical (unpaired) electrons. The van der Waals surface area contributed by atoms with E-state index in [2.05, 4.69) is 74.2 Å². The van der Waals surface area contributed by atoms with Crippen molar-refractivity contribution in [3.8, 4) is 10.6 Å². The van der Waals surface area contributed by atoms with Crippen molar-refractivity contribution in [2.24, 2.45) is 5.73 Å². The van der Waals surface area contributed by atoms with Gasteiger partial charge in [0, 0.05) is 23.5 Å². The van der Waals surface area contributed by atoms with E-state index in [1.807, 2.05) is 18.3 Å². The number of nitrogens with two attached hydrogens (primary N) is 1. The predicted octanol–water partition coefficient (Wildman–Crippen LogP) is 4.22. The lowest BCUT2D eigenvalue weighted by Crippen LogP contribution is -2.31. The fourth-order valence-electron chi connectivity index (χ4n) is 3.53. The van der Waals surface area contributed by atoms with Gasteiger partial charge in [0.05, 0.1) is 11.7 Å². The number of anilines is 1. The second kappa shape index (κ2) is 7.62. The molecule has 1 atom stereocenters. The van der Waals surface area contributed by atoms with Crippen LogP contribution in [0.3, 0.4) is 0 Å². The summed E-state index contributed by atoms with van der Waals surface area (Å²) >= 11 is 1.53. The molecule has 4 N–H and O–H groups in total. The summed E-state index contributed by atoms with van der Waals surface area (Å²) in [5.41, 5.74) is 9.71. The predicted molar refractivity (Wildman–Crippen MR) is 119 cm³/mol. The molecule has 0 saturated carbocycles. The van der Waals surface area contributed by atoms with Gasteiger partial charge >= 0.3 is 0 Å². The average Bonchev–Trinajstić information content (AvgIpc) is 3.41. The van der Waals surface area contributed by atoms with Gasteiger partial charge in [-0.25, -0.2) is 0 Å². The number of aromatic nitrogens is 4. The maximum atomic E-state index is 6.40. The van der Waals surface area contributed by atoms with Crippen LogP contribution in [0, 0.1) is 0 Å². The van der Waals surface area contributed by atoms with Crippen molar-refractivity contribution in [3.05, 3.63) is 72.4 Å². The highest BCUT2D eigenvalue weighted by atomic mass is 32.1. The number of nitrogens with one attached hydrogen (secondary N) is 2. The Morgan fingerprint density at radius 1 is 1.00 bits per heavy atom. The van der Waals surface area contributed by atoms with Crippen molar-refractivity contribution >= 4 is 38.1 Å². The second-order valence-corrected chi connectivity index (χ2v) is 8.05. The first-order valence-corrected chi connectivity index (χ1v) is 10.3. The summed E-state index contributed by atoms with van der Waals surface area (Å²) in [6.07, 6.45) is 2.61. The van der Waals surface area contributed by atoms with Crippen molar-refractivity contribution in [1.29, 1.82) is 0 Å². The summed E-state index contributed by atoms with van der Waals surface area (Å²) in [6.45, 7) is 0.638. The maximum absolute atomic E-state index is 6.40. The molecule has 0 bridgehead atoms. The molecular formula is C22H20N6S. The summed E-state index contributed by atoms with van der Waals surface area (Å²) in [4.78, 5) is 0. The third kappa shape index (κ3) is 3.70. The molecule has 2 aromatic heterocycles. The Morgan fingerprint density at radius 2 is 1.90 bits per heavy atom. The summed E-state index contributed by atoms with van der Waals surface area (Å²) in [6, 6.07) is 20.9. The molecule has 6 nitrogen and oxygen atoms in total. The SMILES string of the molecule is N[C@H](CNc1nnc(-c2ccc3[nH]ncc3c2)s1)Cc1cccc2ccccc12. The lowest BCUT2D eigenvalue weighted by Gasteiger charge is -2.13. The summed E-state index contributed by atoms with van der Waals surface area (Å²) in [5.74, 6) is 0. The number of H-pyrrole nitrogens is 1. The van der Waals surface area contributed by atoms with Crippen LogP contribution in [0.5, 0.6) is 0 Å². The highest BCUT2D eigenvalue weighted by Gasteiger charge is 2.11. The van der Waals surface area contributed by atoms with Gasteiger partial charge in [-0.05, 0) is 41.0 Å². The molecule has 0 aliphatic heterocycles. The largest absolute Gasteiger partial charge is 0.359 e. The molecule has 0 spiro atoms. The molecule has 5 aromatic rings. The molecule has 2 heterocycles. The van der Waals surface area contributed by atoms with E-state index >= 15 is 0 Å². The average molecular weight is 401 g/mol. The maximum Gasteiger partial charge on any atom is 0.206 e. The van der Waals surface area contributed by atoms with E-state index in [4.69, 9.17) is 5.73 Å². The van der Waals surface area contributed by atoms with Crippen LogP contribution in [0.1, 0.15) is 5.56 Å². The lowest BCUT2D eigenvalue weighted by atomic mass is 9.99. The molecule has 3 aromatic carbocycles. The number of rotatable bonds is 6. The van der Waals surface area contributed by atoms with E-state index in [-0.39, 0.29) is 6.04 Å². The summed E-state index contributed by atoms with van der Waals surface area (Å²) < 4.78 is 0. The zero-order valence-corrected chi connectivity index (χ0v) is 16.5. The van der Waals surface area contributed by atoms with Crippen molar-refractivity contribution < 1.29 is 0 Å². The molecular weight excluding hydrogens is 380 g/mol. The third-order valence-corrected chi connectivity index (χ3v) is 5.92. The highest BCUT2D eigenvalue weighted by Crippen LogP contribution is 2.28. The van der Waals surface area contributed by atoms with Gasteiger partial charge in [-0.2, -0.15) is 5.10 Å². The van der Waals surface area contributed by atoms with Crippen LogP contribution in [-0.4, -0.2) is 33.0 Å². The van der Waals surface area contributed by atoms with Crippen molar-refractivity contribution in [2.75, 3.05) is 11.9 Å². The van der Waals surface area contributed by atoms with Gasteiger partial charge < -0.3 is 11.1 Å².